The van der Waals surface area contributed by atoms with Crippen LogP contribution < -0.4 is 0 Å². The van der Waals surface area contributed by atoms with E-state index in [4.69, 9.17) is 5.11 Å². The van der Waals surface area contributed by atoms with Crippen molar-refractivity contribution >= 4 is 17.3 Å². The molecule has 0 bridgehead atoms. The predicted octanol–water partition coefficient (Wildman–Crippen LogP) is 1.27. The molecule has 0 radical (unpaired) electrons. The quantitative estimate of drug-likeness (QED) is 0.727. The first-order valence-electron chi connectivity index (χ1n) is 4.11. The highest BCUT2D eigenvalue weighted by molar-refractivity contribution is 7.08. The summed E-state index contributed by atoms with van der Waals surface area (Å²) >= 11 is 1.43. The summed E-state index contributed by atoms with van der Waals surface area (Å²) in [4.78, 5) is 10.9. The van der Waals surface area contributed by atoms with Crippen molar-refractivity contribution in [2.24, 2.45) is 0 Å². The first kappa shape index (κ1) is 11.2. The van der Waals surface area contributed by atoms with E-state index < -0.39 is 18.2 Å². The number of hydrogen-bond acceptors (Lipinski definition) is 4. The van der Waals surface area contributed by atoms with Crippen molar-refractivity contribution in [1.82, 2.24) is 0 Å². The molecule has 4 nitrogen and oxygen atoms in total. The van der Waals surface area contributed by atoms with Crippen LogP contribution in [0, 0.1) is 0 Å². The molecule has 0 fully saturated rings. The molecule has 0 saturated heterocycles. The van der Waals surface area contributed by atoms with E-state index in [0.717, 1.165) is 0 Å². The molecule has 0 spiro atoms. The molecule has 1 aromatic rings. The molecule has 0 aliphatic carbocycles. The molecule has 1 rings (SSSR count). The van der Waals surface area contributed by atoms with Crippen molar-refractivity contribution in [2.45, 2.75) is 18.6 Å². The number of hydrogen-bond donors (Lipinski definition) is 2. The number of methoxy groups -OCH3 is 1. The summed E-state index contributed by atoms with van der Waals surface area (Å²) in [6, 6.07) is 1.74. The monoisotopic (exact) mass is 216 g/mol. The van der Waals surface area contributed by atoms with E-state index in [1.807, 2.05) is 5.38 Å². The Kier molecular flexibility index (Phi) is 4.06. The standard InChI is InChI=1S/C9H12O4S/c1-13-8(10)4-7(9(11)12)6-2-3-14-5-6/h2-3,5,7-8,10H,4H2,1H3,(H,11,12). The first-order valence-corrected chi connectivity index (χ1v) is 5.05. The molecule has 0 saturated carbocycles. The Morgan fingerprint density at radius 3 is 2.86 bits per heavy atom. The van der Waals surface area contributed by atoms with Crippen LogP contribution in [0.25, 0.3) is 0 Å². The minimum atomic E-state index is -1.03. The van der Waals surface area contributed by atoms with Gasteiger partial charge in [0.15, 0.2) is 6.29 Å². The molecule has 0 aromatic carbocycles. The first-order chi connectivity index (χ1) is 6.65. The van der Waals surface area contributed by atoms with E-state index in [9.17, 15) is 9.90 Å². The van der Waals surface area contributed by atoms with Crippen molar-refractivity contribution < 1.29 is 19.7 Å². The summed E-state index contributed by atoms with van der Waals surface area (Å²) in [7, 11) is 1.34. The third kappa shape index (κ3) is 2.80. The summed E-state index contributed by atoms with van der Waals surface area (Å²) < 4.78 is 4.62. The van der Waals surface area contributed by atoms with Gasteiger partial charge < -0.3 is 14.9 Å². The van der Waals surface area contributed by atoms with Crippen molar-refractivity contribution in [1.29, 1.82) is 0 Å². The maximum atomic E-state index is 10.9. The number of carboxylic acid groups (broad SMARTS) is 1. The van der Waals surface area contributed by atoms with Gasteiger partial charge in [-0.1, -0.05) is 0 Å². The van der Waals surface area contributed by atoms with Crippen molar-refractivity contribution in [3.63, 3.8) is 0 Å². The highest BCUT2D eigenvalue weighted by Gasteiger charge is 2.23. The molecule has 2 unspecified atom stereocenters. The van der Waals surface area contributed by atoms with E-state index in [1.165, 1.54) is 18.4 Å². The van der Waals surface area contributed by atoms with Crippen molar-refractivity contribution in [2.75, 3.05) is 7.11 Å². The number of carbonyl (C=O) groups is 1. The van der Waals surface area contributed by atoms with Crippen molar-refractivity contribution in [3.05, 3.63) is 22.4 Å². The summed E-state index contributed by atoms with van der Waals surface area (Å²) in [6.45, 7) is 0. The number of carboxylic acids is 1. The van der Waals surface area contributed by atoms with E-state index in [0.29, 0.717) is 5.56 Å². The van der Waals surface area contributed by atoms with Crippen molar-refractivity contribution in [3.8, 4) is 0 Å². The number of ether oxygens (including phenoxy) is 1. The van der Waals surface area contributed by atoms with Gasteiger partial charge in [-0.3, -0.25) is 4.79 Å². The van der Waals surface area contributed by atoms with Crippen LogP contribution in [0.3, 0.4) is 0 Å². The lowest BCUT2D eigenvalue weighted by molar-refractivity contribution is -0.143. The van der Waals surface area contributed by atoms with Crippen LogP contribution in [0.4, 0.5) is 0 Å². The Morgan fingerprint density at radius 1 is 1.71 bits per heavy atom. The summed E-state index contributed by atoms with van der Waals surface area (Å²) in [6.07, 6.45) is -0.959. The van der Waals surface area contributed by atoms with Gasteiger partial charge in [-0.25, -0.2) is 0 Å². The van der Waals surface area contributed by atoms with Gasteiger partial charge in [-0.2, -0.15) is 11.3 Å². The molecule has 5 heteroatoms. The third-order valence-corrected chi connectivity index (χ3v) is 2.65. The van der Waals surface area contributed by atoms with Gasteiger partial charge in [0.25, 0.3) is 0 Å². The third-order valence-electron chi connectivity index (χ3n) is 1.95. The largest absolute Gasteiger partial charge is 0.481 e. The topological polar surface area (TPSA) is 66.8 Å². The zero-order valence-electron chi connectivity index (χ0n) is 7.71. The fraction of sp³-hybridized carbons (Fsp3) is 0.444. The number of thiophene rings is 1. The van der Waals surface area contributed by atoms with Gasteiger partial charge in [-0.15, -0.1) is 0 Å². The molecule has 2 N–H and O–H groups in total. The van der Waals surface area contributed by atoms with Crippen LogP contribution in [0.2, 0.25) is 0 Å². The molecular formula is C9H12O4S. The van der Waals surface area contributed by atoms with Gasteiger partial charge in [0.1, 0.15) is 0 Å². The van der Waals surface area contributed by atoms with Crippen LogP contribution in [-0.4, -0.2) is 29.6 Å². The minimum Gasteiger partial charge on any atom is -0.481 e. The Hall–Kier alpha value is -0.910. The normalized spacial score (nSPS) is 15.0. The second kappa shape index (κ2) is 5.09. The Morgan fingerprint density at radius 2 is 2.43 bits per heavy atom. The van der Waals surface area contributed by atoms with Crippen LogP contribution in [-0.2, 0) is 9.53 Å². The smallest absolute Gasteiger partial charge is 0.311 e. The van der Waals surface area contributed by atoms with Gasteiger partial charge in [0, 0.05) is 13.5 Å². The average Bonchev–Trinajstić information content (AvgIpc) is 2.65. The minimum absolute atomic E-state index is 0.0720. The second-order valence-corrected chi connectivity index (χ2v) is 3.65. The molecule has 2 atom stereocenters. The summed E-state index contributed by atoms with van der Waals surface area (Å²) in [5.41, 5.74) is 0.707. The predicted molar refractivity (Wildman–Crippen MR) is 52.3 cm³/mol. The molecule has 78 valence electrons. The van der Waals surface area contributed by atoms with Gasteiger partial charge >= 0.3 is 5.97 Å². The SMILES string of the molecule is COC(O)CC(C(=O)O)c1ccsc1. The maximum Gasteiger partial charge on any atom is 0.311 e. The fourth-order valence-corrected chi connectivity index (χ4v) is 1.86. The van der Waals surface area contributed by atoms with Gasteiger partial charge in [-0.05, 0) is 22.4 Å². The summed E-state index contributed by atoms with van der Waals surface area (Å²) in [5, 5.41) is 21.7. The molecule has 1 heterocycles. The van der Waals surface area contributed by atoms with Crippen LogP contribution >= 0.6 is 11.3 Å². The molecule has 14 heavy (non-hydrogen) atoms. The van der Waals surface area contributed by atoms with E-state index in [2.05, 4.69) is 4.74 Å². The molecular weight excluding hydrogens is 204 g/mol. The average molecular weight is 216 g/mol. The van der Waals surface area contributed by atoms with E-state index >= 15 is 0 Å². The molecule has 0 amide bonds. The molecule has 0 aliphatic rings. The lowest BCUT2D eigenvalue weighted by Gasteiger charge is -2.14. The fourth-order valence-electron chi connectivity index (χ4n) is 1.15. The molecule has 0 aliphatic heterocycles. The zero-order valence-corrected chi connectivity index (χ0v) is 8.53. The number of aliphatic hydroxyl groups is 1. The Balaban J connectivity index is 2.71. The number of aliphatic hydroxyl groups excluding tert-OH is 1. The van der Waals surface area contributed by atoms with Gasteiger partial charge in [0.2, 0.25) is 0 Å². The maximum absolute atomic E-state index is 10.9. The van der Waals surface area contributed by atoms with Gasteiger partial charge in [0.05, 0.1) is 5.92 Å². The lowest BCUT2D eigenvalue weighted by atomic mass is 9.98. The Labute approximate surface area is 85.8 Å². The van der Waals surface area contributed by atoms with E-state index in [1.54, 1.807) is 11.4 Å². The lowest BCUT2D eigenvalue weighted by Crippen LogP contribution is -2.19. The number of aliphatic carboxylic acids is 1. The highest BCUT2D eigenvalue weighted by atomic mass is 32.1. The zero-order chi connectivity index (χ0) is 10.6. The summed E-state index contributed by atoms with van der Waals surface area (Å²) in [5.74, 6) is -1.64. The van der Waals surface area contributed by atoms with E-state index in [-0.39, 0.29) is 6.42 Å². The number of rotatable bonds is 5. The van der Waals surface area contributed by atoms with Crippen LogP contribution in [0.15, 0.2) is 16.8 Å². The Bertz CT molecular complexity index is 283. The van der Waals surface area contributed by atoms with Crippen LogP contribution in [0.1, 0.15) is 17.9 Å². The van der Waals surface area contributed by atoms with Crippen LogP contribution in [0.5, 0.6) is 0 Å². The molecule has 1 aromatic heterocycles. The highest BCUT2D eigenvalue weighted by Crippen LogP contribution is 2.24. The second-order valence-electron chi connectivity index (χ2n) is 2.87.